The van der Waals surface area contributed by atoms with Crippen molar-refractivity contribution < 1.29 is 19.5 Å². The molecule has 0 radical (unpaired) electrons. The largest absolute Gasteiger partial charge is 0.463 e. The zero-order chi connectivity index (χ0) is 7.98. The number of nitrogens with zero attached hydrogens (tertiary/aromatic N) is 1. The maximum atomic E-state index is 10.2. The van der Waals surface area contributed by atoms with E-state index in [0.717, 1.165) is 5.06 Å². The Morgan fingerprint density at radius 1 is 1.64 bits per heavy atom. The third-order valence-electron chi connectivity index (χ3n) is 0.745. The molecule has 0 aliphatic heterocycles. The zero-order valence-electron chi connectivity index (χ0n) is 6.03. The Hall–Kier alpha value is -0.593. The Bertz CT molecular complexity index is 105. The highest BCUT2D eigenvalue weighted by Gasteiger charge is 2.09. The molecule has 68 valence electrons. The average molecular weight is 181 g/mol. The summed E-state index contributed by atoms with van der Waals surface area (Å²) in [6.07, 6.45) is -1.15. The molecule has 0 aromatic carbocycles. The Balaban J connectivity index is 0. The quantitative estimate of drug-likeness (QED) is 0.346. The van der Waals surface area contributed by atoms with Crippen LogP contribution in [0.4, 0.5) is 4.79 Å². The summed E-state index contributed by atoms with van der Waals surface area (Å²) in [6, 6.07) is 0. The van der Waals surface area contributed by atoms with Crippen molar-refractivity contribution in [3.8, 4) is 0 Å². The van der Waals surface area contributed by atoms with Crippen LogP contribution in [0.1, 0.15) is 6.92 Å². The number of amides is 1. The van der Waals surface area contributed by atoms with Crippen LogP contribution in [0.5, 0.6) is 0 Å². The molecule has 0 rings (SSSR count). The number of rotatable bonds is 4. The first-order valence-corrected chi connectivity index (χ1v) is 2.84. The summed E-state index contributed by atoms with van der Waals surface area (Å²) in [6.45, 7) is 1.95. The lowest BCUT2D eigenvalue weighted by Gasteiger charge is -2.15. The van der Waals surface area contributed by atoms with Crippen LogP contribution in [0.2, 0.25) is 0 Å². The number of hydrogen-bond donors (Lipinski definition) is 1. The molecule has 0 fully saturated rings. The first kappa shape index (κ1) is 13.0. The van der Waals surface area contributed by atoms with Crippen molar-refractivity contribution >= 4 is 17.1 Å². The summed E-state index contributed by atoms with van der Waals surface area (Å²) in [5.41, 5.74) is 0. The van der Waals surface area contributed by atoms with Crippen molar-refractivity contribution in [3.63, 3.8) is 0 Å². The van der Waals surface area contributed by atoms with Crippen LogP contribution < -0.4 is 0 Å². The monoisotopic (exact) mass is 181 g/mol. The first-order chi connectivity index (χ1) is 4.72. The van der Waals surface area contributed by atoms with Gasteiger partial charge in [-0.3, -0.25) is 4.84 Å². The molecule has 11 heavy (non-hydrogen) atoms. The van der Waals surface area contributed by atoms with Crippen molar-refractivity contribution in [2.75, 3.05) is 20.4 Å². The van der Waals surface area contributed by atoms with Gasteiger partial charge < -0.3 is 9.84 Å². The molecule has 1 N–H and O–H groups in total. The van der Waals surface area contributed by atoms with Crippen LogP contribution in [-0.2, 0) is 9.57 Å². The third-order valence-corrected chi connectivity index (χ3v) is 0.745. The van der Waals surface area contributed by atoms with E-state index in [4.69, 9.17) is 5.11 Å². The number of methoxy groups -OCH3 is 1. The van der Waals surface area contributed by atoms with Gasteiger partial charge in [-0.15, -0.1) is 0 Å². The van der Waals surface area contributed by atoms with Crippen LogP contribution in [0, 0.1) is 0 Å². The predicted octanol–water partition coefficient (Wildman–Crippen LogP) is -0.930. The van der Waals surface area contributed by atoms with Gasteiger partial charge in [-0.1, -0.05) is 0 Å². The molecule has 0 atom stereocenters. The molecule has 5 nitrogen and oxygen atoms in total. The number of hydrogen-bond acceptors (Lipinski definition) is 3. The molecular formula is C5H15NO4Si. The minimum atomic E-state index is -1.15. The van der Waals surface area contributed by atoms with E-state index in [1.807, 2.05) is 0 Å². The van der Waals surface area contributed by atoms with Crippen LogP contribution in [0.25, 0.3) is 0 Å². The van der Waals surface area contributed by atoms with Gasteiger partial charge in [-0.05, 0) is 17.9 Å². The summed E-state index contributed by atoms with van der Waals surface area (Å²) in [5, 5.41) is 9.08. The van der Waals surface area contributed by atoms with Crippen molar-refractivity contribution in [1.82, 2.24) is 5.06 Å². The molecule has 0 heterocycles. The second-order valence-electron chi connectivity index (χ2n) is 1.50. The number of carbonyl (C=O) groups is 1. The van der Waals surface area contributed by atoms with E-state index in [9.17, 15) is 4.79 Å². The van der Waals surface area contributed by atoms with Crippen LogP contribution in [0.15, 0.2) is 0 Å². The summed E-state index contributed by atoms with van der Waals surface area (Å²) in [4.78, 5) is 14.9. The topological polar surface area (TPSA) is 59.0 Å². The second-order valence-corrected chi connectivity index (χ2v) is 1.50. The van der Waals surface area contributed by atoms with Gasteiger partial charge in [-0.25, -0.2) is 4.79 Å². The smallest absolute Gasteiger partial charge is 0.433 e. The molecule has 0 spiro atoms. The maximum Gasteiger partial charge on any atom is 0.433 e. The van der Waals surface area contributed by atoms with Crippen molar-refractivity contribution in [2.45, 2.75) is 6.92 Å². The Morgan fingerprint density at radius 3 is 2.45 bits per heavy atom. The average Bonchev–Trinajstić information content (AvgIpc) is 1.87. The number of carboxylic acid groups (broad SMARTS) is 1. The van der Waals surface area contributed by atoms with Crippen LogP contribution in [-0.4, -0.2) is 47.7 Å². The van der Waals surface area contributed by atoms with E-state index in [0.29, 0.717) is 6.61 Å². The molecule has 0 aliphatic rings. The van der Waals surface area contributed by atoms with Gasteiger partial charge in [-0.2, -0.15) is 5.06 Å². The highest BCUT2D eigenvalue weighted by molar-refractivity contribution is 5.75. The molecule has 1 amide bonds. The Kier molecular flexibility index (Phi) is 8.90. The SMILES string of the molecule is CCON(COC)C(=O)O.[SiH4]. The predicted molar refractivity (Wildman–Crippen MR) is 44.7 cm³/mol. The van der Waals surface area contributed by atoms with Crippen LogP contribution >= 0.6 is 0 Å². The molecule has 0 saturated heterocycles. The number of hydroxylamine groups is 2. The van der Waals surface area contributed by atoms with Crippen molar-refractivity contribution in [3.05, 3.63) is 0 Å². The van der Waals surface area contributed by atoms with Crippen molar-refractivity contribution in [1.29, 1.82) is 0 Å². The first-order valence-electron chi connectivity index (χ1n) is 2.84. The lowest BCUT2D eigenvalue weighted by molar-refractivity contribution is -0.170. The second kappa shape index (κ2) is 7.51. The summed E-state index contributed by atoms with van der Waals surface area (Å²) in [5.74, 6) is 0. The standard InChI is InChI=1S/C5H11NO4.H4Si/c1-3-10-6(4-9-2)5(7)8;/h3-4H2,1-2H3,(H,7,8);1H4. The lowest BCUT2D eigenvalue weighted by Crippen LogP contribution is -2.31. The van der Waals surface area contributed by atoms with Crippen LogP contribution in [0.3, 0.4) is 0 Å². The highest BCUT2D eigenvalue weighted by Crippen LogP contribution is 1.90. The zero-order valence-corrected chi connectivity index (χ0v) is 6.03. The molecule has 6 heteroatoms. The van der Waals surface area contributed by atoms with Gasteiger partial charge in [0.05, 0.1) is 6.61 Å². The van der Waals surface area contributed by atoms with E-state index < -0.39 is 6.09 Å². The summed E-state index contributed by atoms with van der Waals surface area (Å²) in [7, 11) is 1.40. The highest BCUT2D eigenvalue weighted by atomic mass is 28.1. The normalized spacial score (nSPS) is 8.55. The van der Waals surface area contributed by atoms with Gasteiger partial charge in [0.15, 0.2) is 0 Å². The Morgan fingerprint density at radius 2 is 2.18 bits per heavy atom. The minimum absolute atomic E-state index is 0. The lowest BCUT2D eigenvalue weighted by atomic mass is 10.9. The van der Waals surface area contributed by atoms with Gasteiger partial charge in [0.1, 0.15) is 6.73 Å². The fraction of sp³-hybridized carbons (Fsp3) is 0.800. The summed E-state index contributed by atoms with van der Waals surface area (Å²) < 4.78 is 4.54. The van der Waals surface area contributed by atoms with E-state index >= 15 is 0 Å². The fourth-order valence-corrected chi connectivity index (χ4v) is 0.421. The molecule has 0 aromatic rings. The van der Waals surface area contributed by atoms with Gasteiger partial charge >= 0.3 is 6.09 Å². The van der Waals surface area contributed by atoms with Crippen molar-refractivity contribution in [2.24, 2.45) is 0 Å². The maximum absolute atomic E-state index is 10.2. The molecular weight excluding hydrogens is 166 g/mol. The van der Waals surface area contributed by atoms with Gasteiger partial charge in [0.25, 0.3) is 0 Å². The molecule has 0 aliphatic carbocycles. The molecule has 0 aromatic heterocycles. The molecule has 0 unspecified atom stereocenters. The van der Waals surface area contributed by atoms with Gasteiger partial charge in [0.2, 0.25) is 0 Å². The number of ether oxygens (including phenoxy) is 1. The third kappa shape index (κ3) is 5.83. The minimum Gasteiger partial charge on any atom is -0.463 e. The fourth-order valence-electron chi connectivity index (χ4n) is 0.421. The van der Waals surface area contributed by atoms with E-state index in [-0.39, 0.29) is 17.7 Å². The van der Waals surface area contributed by atoms with E-state index in [1.165, 1.54) is 7.11 Å². The molecule has 0 saturated carbocycles. The molecule has 0 bridgehead atoms. The summed E-state index contributed by atoms with van der Waals surface area (Å²) >= 11 is 0. The Labute approximate surface area is 69.9 Å². The van der Waals surface area contributed by atoms with E-state index in [2.05, 4.69) is 9.57 Å². The van der Waals surface area contributed by atoms with E-state index in [1.54, 1.807) is 6.92 Å². The van der Waals surface area contributed by atoms with Gasteiger partial charge in [0, 0.05) is 7.11 Å².